The number of benzene rings is 2. The Morgan fingerprint density at radius 1 is 1.00 bits per heavy atom. The summed E-state index contributed by atoms with van der Waals surface area (Å²) in [6, 6.07) is 12.6. The fourth-order valence-electron chi connectivity index (χ4n) is 4.97. The van der Waals surface area contributed by atoms with E-state index in [-0.39, 0.29) is 25.0 Å². The summed E-state index contributed by atoms with van der Waals surface area (Å²) in [5.41, 5.74) is 4.37. The van der Waals surface area contributed by atoms with Crippen LogP contribution in [0.1, 0.15) is 67.7 Å². The monoisotopic (exact) mass is 527 g/mol. The Bertz CT molecular complexity index is 1210. The van der Waals surface area contributed by atoms with E-state index in [0.29, 0.717) is 12.1 Å². The number of carbonyl (C=O) groups is 2. The lowest BCUT2D eigenvalue weighted by Crippen LogP contribution is -2.53. The molecule has 1 atom stereocenters. The SMILES string of the molecule is CC[C@H](C(=O)NC1CCCCC1)N(Cc1cccc(C)c1)C(=O)CN(c1ccc(C)c(C)c1)S(C)(=O)=O. The van der Waals surface area contributed by atoms with Crippen LogP contribution in [0.25, 0.3) is 0 Å². The largest absolute Gasteiger partial charge is 0.352 e. The zero-order valence-electron chi connectivity index (χ0n) is 22.8. The molecular formula is C29H41N3O4S. The molecule has 1 fully saturated rings. The second kappa shape index (κ2) is 12.6. The molecular weight excluding hydrogens is 486 g/mol. The van der Waals surface area contributed by atoms with E-state index in [4.69, 9.17) is 0 Å². The number of anilines is 1. The summed E-state index contributed by atoms with van der Waals surface area (Å²) in [5, 5.41) is 3.17. The number of rotatable bonds is 10. The van der Waals surface area contributed by atoms with Crippen molar-refractivity contribution in [1.82, 2.24) is 10.2 Å². The summed E-state index contributed by atoms with van der Waals surface area (Å²) >= 11 is 0. The number of aryl methyl sites for hydroxylation is 3. The van der Waals surface area contributed by atoms with Gasteiger partial charge in [-0.2, -0.15) is 0 Å². The number of amides is 2. The van der Waals surface area contributed by atoms with Gasteiger partial charge < -0.3 is 10.2 Å². The zero-order valence-corrected chi connectivity index (χ0v) is 23.6. The molecule has 0 heterocycles. The van der Waals surface area contributed by atoms with Gasteiger partial charge >= 0.3 is 0 Å². The second-order valence-corrected chi connectivity index (χ2v) is 12.2. The summed E-state index contributed by atoms with van der Waals surface area (Å²) in [6.45, 7) is 7.58. The molecule has 1 aliphatic rings. The van der Waals surface area contributed by atoms with Crippen LogP contribution in [0.15, 0.2) is 42.5 Å². The van der Waals surface area contributed by atoms with Crippen molar-refractivity contribution >= 4 is 27.5 Å². The third kappa shape index (κ3) is 7.81. The minimum absolute atomic E-state index is 0.120. The molecule has 2 amide bonds. The summed E-state index contributed by atoms with van der Waals surface area (Å²) < 4.78 is 26.7. The van der Waals surface area contributed by atoms with E-state index in [2.05, 4.69) is 5.32 Å². The van der Waals surface area contributed by atoms with Crippen molar-refractivity contribution in [2.24, 2.45) is 0 Å². The van der Waals surface area contributed by atoms with Crippen molar-refractivity contribution in [2.45, 2.75) is 84.8 Å². The molecule has 7 nitrogen and oxygen atoms in total. The highest BCUT2D eigenvalue weighted by molar-refractivity contribution is 7.92. The number of hydrogen-bond acceptors (Lipinski definition) is 4. The molecule has 3 rings (SSSR count). The Kier molecular flexibility index (Phi) is 9.76. The molecule has 0 aromatic heterocycles. The first-order valence-corrected chi connectivity index (χ1v) is 15.0. The molecule has 0 bridgehead atoms. The van der Waals surface area contributed by atoms with Crippen molar-refractivity contribution in [3.8, 4) is 0 Å². The molecule has 8 heteroatoms. The Morgan fingerprint density at radius 3 is 2.30 bits per heavy atom. The van der Waals surface area contributed by atoms with Crippen LogP contribution in [0.5, 0.6) is 0 Å². The number of hydrogen-bond donors (Lipinski definition) is 1. The van der Waals surface area contributed by atoms with E-state index in [0.717, 1.165) is 58.5 Å². The summed E-state index contributed by atoms with van der Waals surface area (Å²) in [6.07, 6.45) is 6.79. The number of carbonyl (C=O) groups excluding carboxylic acids is 2. The van der Waals surface area contributed by atoms with E-state index >= 15 is 0 Å². The Balaban J connectivity index is 1.93. The summed E-state index contributed by atoms with van der Waals surface area (Å²) in [4.78, 5) is 28.8. The topological polar surface area (TPSA) is 86.8 Å². The third-order valence-corrected chi connectivity index (χ3v) is 8.37. The molecule has 2 aromatic carbocycles. The molecule has 37 heavy (non-hydrogen) atoms. The van der Waals surface area contributed by atoms with Crippen LogP contribution in [-0.4, -0.2) is 50.0 Å². The van der Waals surface area contributed by atoms with E-state index in [1.54, 1.807) is 17.0 Å². The van der Waals surface area contributed by atoms with Gasteiger partial charge in [-0.1, -0.05) is 62.1 Å². The van der Waals surface area contributed by atoms with Crippen LogP contribution < -0.4 is 9.62 Å². The molecule has 2 aromatic rings. The molecule has 0 unspecified atom stereocenters. The molecule has 1 N–H and O–H groups in total. The third-order valence-electron chi connectivity index (χ3n) is 7.23. The minimum atomic E-state index is -3.75. The smallest absolute Gasteiger partial charge is 0.244 e. The van der Waals surface area contributed by atoms with Crippen molar-refractivity contribution in [1.29, 1.82) is 0 Å². The van der Waals surface area contributed by atoms with Crippen LogP contribution in [-0.2, 0) is 26.2 Å². The molecule has 0 spiro atoms. The van der Waals surface area contributed by atoms with Crippen LogP contribution in [0.2, 0.25) is 0 Å². The molecule has 202 valence electrons. The fraction of sp³-hybridized carbons (Fsp3) is 0.517. The number of sulfonamides is 1. The first-order chi connectivity index (χ1) is 17.5. The Morgan fingerprint density at radius 2 is 1.70 bits per heavy atom. The van der Waals surface area contributed by atoms with E-state index in [1.165, 1.54) is 6.42 Å². The van der Waals surface area contributed by atoms with Gasteiger partial charge in [-0.25, -0.2) is 8.42 Å². The van der Waals surface area contributed by atoms with Crippen LogP contribution >= 0.6 is 0 Å². The number of nitrogens with one attached hydrogen (secondary N) is 1. The standard InChI is InChI=1S/C29H41N3O4S/c1-6-27(29(34)30-25-13-8-7-9-14-25)31(19-24-12-10-11-21(2)17-24)28(33)20-32(37(5,35)36)26-16-15-22(3)23(4)18-26/h10-12,15-18,25,27H,6-9,13-14,19-20H2,1-5H3,(H,30,34)/t27-/m1/s1. The highest BCUT2D eigenvalue weighted by Crippen LogP contribution is 2.23. The minimum Gasteiger partial charge on any atom is -0.352 e. The fourth-order valence-corrected chi connectivity index (χ4v) is 5.81. The second-order valence-electron chi connectivity index (χ2n) is 10.3. The summed E-state index contributed by atoms with van der Waals surface area (Å²) in [7, 11) is -3.75. The molecule has 0 radical (unpaired) electrons. The number of nitrogens with zero attached hydrogens (tertiary/aromatic N) is 2. The van der Waals surface area contributed by atoms with Gasteiger partial charge in [0.15, 0.2) is 0 Å². The van der Waals surface area contributed by atoms with Crippen molar-refractivity contribution in [3.63, 3.8) is 0 Å². The van der Waals surface area contributed by atoms with Gasteiger partial charge in [0, 0.05) is 12.6 Å². The first-order valence-electron chi connectivity index (χ1n) is 13.2. The molecule has 1 aliphatic carbocycles. The lowest BCUT2D eigenvalue weighted by molar-refractivity contribution is -0.140. The van der Waals surface area contributed by atoms with E-state index < -0.39 is 22.0 Å². The van der Waals surface area contributed by atoms with Crippen molar-refractivity contribution in [2.75, 3.05) is 17.1 Å². The van der Waals surface area contributed by atoms with E-state index in [1.807, 2.05) is 58.0 Å². The maximum Gasteiger partial charge on any atom is 0.244 e. The van der Waals surface area contributed by atoms with Gasteiger partial charge in [-0.15, -0.1) is 0 Å². The average Bonchev–Trinajstić information content (AvgIpc) is 2.84. The van der Waals surface area contributed by atoms with Crippen LogP contribution in [0, 0.1) is 20.8 Å². The Hall–Kier alpha value is -2.87. The highest BCUT2D eigenvalue weighted by atomic mass is 32.2. The molecule has 0 saturated heterocycles. The predicted octanol–water partition coefficient (Wildman–Crippen LogP) is 4.63. The van der Waals surface area contributed by atoms with Crippen molar-refractivity contribution in [3.05, 3.63) is 64.7 Å². The van der Waals surface area contributed by atoms with Gasteiger partial charge in [-0.05, 0) is 68.9 Å². The highest BCUT2D eigenvalue weighted by Gasteiger charge is 2.32. The zero-order chi connectivity index (χ0) is 27.2. The lowest BCUT2D eigenvalue weighted by atomic mass is 9.95. The normalized spacial score (nSPS) is 15.2. The van der Waals surface area contributed by atoms with Gasteiger partial charge in [0.2, 0.25) is 21.8 Å². The van der Waals surface area contributed by atoms with Crippen LogP contribution in [0.4, 0.5) is 5.69 Å². The first kappa shape index (κ1) is 28.7. The molecule has 1 saturated carbocycles. The predicted molar refractivity (Wildman–Crippen MR) is 149 cm³/mol. The van der Waals surface area contributed by atoms with Crippen LogP contribution in [0.3, 0.4) is 0 Å². The lowest BCUT2D eigenvalue weighted by Gasteiger charge is -2.34. The Labute approximate surface area is 222 Å². The quantitative estimate of drug-likeness (QED) is 0.488. The maximum absolute atomic E-state index is 13.9. The van der Waals surface area contributed by atoms with E-state index in [9.17, 15) is 18.0 Å². The summed E-state index contributed by atoms with van der Waals surface area (Å²) in [5.74, 6) is -0.580. The maximum atomic E-state index is 13.9. The van der Waals surface area contributed by atoms with Gasteiger partial charge in [0.25, 0.3) is 0 Å². The van der Waals surface area contributed by atoms with Gasteiger partial charge in [-0.3, -0.25) is 13.9 Å². The van der Waals surface area contributed by atoms with Crippen molar-refractivity contribution < 1.29 is 18.0 Å². The van der Waals surface area contributed by atoms with Gasteiger partial charge in [0.05, 0.1) is 11.9 Å². The average molecular weight is 528 g/mol. The van der Waals surface area contributed by atoms with Gasteiger partial charge in [0.1, 0.15) is 12.6 Å². The molecule has 0 aliphatic heterocycles.